The van der Waals surface area contributed by atoms with Gasteiger partial charge in [-0.3, -0.25) is 4.79 Å². The number of benzene rings is 1. The highest BCUT2D eigenvalue weighted by molar-refractivity contribution is 5.80. The lowest BCUT2D eigenvalue weighted by molar-refractivity contribution is -0.134. The van der Waals surface area contributed by atoms with Crippen LogP contribution in [0.1, 0.15) is 38.7 Å². The normalized spacial score (nSPS) is 21.5. The maximum atomic E-state index is 13.2. The number of urea groups is 1. The largest absolute Gasteiger partial charge is 0.333 e. The molecule has 1 aromatic rings. The van der Waals surface area contributed by atoms with Crippen molar-refractivity contribution in [2.75, 3.05) is 26.2 Å². The maximum Gasteiger partial charge on any atom is 0.320 e. The van der Waals surface area contributed by atoms with Gasteiger partial charge < -0.3 is 14.7 Å². The van der Waals surface area contributed by atoms with Gasteiger partial charge in [-0.25, -0.2) is 9.18 Å². The Labute approximate surface area is 154 Å². The van der Waals surface area contributed by atoms with E-state index in [1.54, 1.807) is 12.1 Å². The Morgan fingerprint density at radius 1 is 1.12 bits per heavy atom. The minimum atomic E-state index is -0.279. The molecule has 1 aromatic carbocycles. The first kappa shape index (κ1) is 18.7. The molecule has 2 aliphatic heterocycles. The summed E-state index contributed by atoms with van der Waals surface area (Å²) in [5.74, 6) is 0.00913. The minimum Gasteiger partial charge on any atom is -0.333 e. The van der Waals surface area contributed by atoms with Gasteiger partial charge in [-0.1, -0.05) is 26.0 Å². The van der Waals surface area contributed by atoms with Gasteiger partial charge >= 0.3 is 6.03 Å². The van der Waals surface area contributed by atoms with E-state index in [4.69, 9.17) is 0 Å². The molecule has 5 nitrogen and oxygen atoms in total. The van der Waals surface area contributed by atoms with Crippen LogP contribution in [-0.4, -0.2) is 58.9 Å². The molecule has 0 unspecified atom stereocenters. The van der Waals surface area contributed by atoms with Crippen LogP contribution < -0.4 is 0 Å². The number of halogens is 1. The second kappa shape index (κ2) is 8.06. The van der Waals surface area contributed by atoms with Crippen molar-refractivity contribution < 1.29 is 14.0 Å². The van der Waals surface area contributed by atoms with Crippen molar-refractivity contribution in [3.8, 4) is 0 Å². The summed E-state index contributed by atoms with van der Waals surface area (Å²) in [4.78, 5) is 31.2. The highest BCUT2D eigenvalue weighted by atomic mass is 19.1. The van der Waals surface area contributed by atoms with Crippen LogP contribution >= 0.6 is 0 Å². The van der Waals surface area contributed by atoms with Gasteiger partial charge in [-0.05, 0) is 36.5 Å². The molecule has 2 heterocycles. The fourth-order valence-corrected chi connectivity index (χ4v) is 3.82. The first-order valence-corrected chi connectivity index (χ1v) is 9.53. The monoisotopic (exact) mass is 361 g/mol. The van der Waals surface area contributed by atoms with Crippen molar-refractivity contribution in [2.24, 2.45) is 5.92 Å². The van der Waals surface area contributed by atoms with Crippen molar-refractivity contribution in [3.63, 3.8) is 0 Å². The molecule has 0 spiro atoms. The Balaban J connectivity index is 1.77. The summed E-state index contributed by atoms with van der Waals surface area (Å²) >= 11 is 0. The van der Waals surface area contributed by atoms with Crippen LogP contribution in [0.3, 0.4) is 0 Å². The Morgan fingerprint density at radius 3 is 2.38 bits per heavy atom. The van der Waals surface area contributed by atoms with Crippen LogP contribution in [0, 0.1) is 11.7 Å². The fourth-order valence-electron chi connectivity index (χ4n) is 3.82. The molecule has 2 saturated heterocycles. The number of nitrogens with zero attached hydrogens (tertiary/aromatic N) is 3. The van der Waals surface area contributed by atoms with Gasteiger partial charge in [0.1, 0.15) is 5.82 Å². The Bertz CT molecular complexity index is 641. The zero-order valence-corrected chi connectivity index (χ0v) is 15.7. The number of amides is 3. The Morgan fingerprint density at radius 2 is 1.77 bits per heavy atom. The van der Waals surface area contributed by atoms with Gasteiger partial charge in [0.2, 0.25) is 5.91 Å². The molecular formula is C20H28FN3O2. The number of carbonyl (C=O) groups excluding carboxylic acids is 2. The number of rotatable bonds is 3. The topological polar surface area (TPSA) is 43.9 Å². The molecule has 0 radical (unpaired) electrons. The number of hydrogen-bond donors (Lipinski definition) is 0. The summed E-state index contributed by atoms with van der Waals surface area (Å²) in [5, 5.41) is 0. The second-order valence-corrected chi connectivity index (χ2v) is 7.63. The quantitative estimate of drug-likeness (QED) is 0.830. The predicted molar refractivity (Wildman–Crippen MR) is 98.0 cm³/mol. The predicted octanol–water partition coefficient (Wildman–Crippen LogP) is 3.10. The van der Waals surface area contributed by atoms with E-state index in [1.807, 2.05) is 14.7 Å². The highest BCUT2D eigenvalue weighted by Crippen LogP contribution is 2.22. The summed E-state index contributed by atoms with van der Waals surface area (Å²) in [6.07, 6.45) is 2.45. The molecule has 3 rings (SSSR count). The lowest BCUT2D eigenvalue weighted by Gasteiger charge is -2.35. The second-order valence-electron chi connectivity index (χ2n) is 7.63. The standard InChI is InChI=1S/C20H28FN3O2/c1-15(2)18-14-23(20(26)22-10-3-4-11-22)12-9-19(25)24(18)13-16-5-7-17(21)8-6-16/h5-8,15,18H,3-4,9-14H2,1-2H3/t18-/m1/s1. The van der Waals surface area contributed by atoms with E-state index in [9.17, 15) is 14.0 Å². The van der Waals surface area contributed by atoms with E-state index in [-0.39, 0.29) is 29.7 Å². The van der Waals surface area contributed by atoms with Crippen molar-refractivity contribution in [1.82, 2.24) is 14.7 Å². The molecule has 6 heteroatoms. The van der Waals surface area contributed by atoms with Crippen LogP contribution in [0.5, 0.6) is 0 Å². The molecule has 0 aromatic heterocycles. The lowest BCUT2D eigenvalue weighted by Crippen LogP contribution is -2.49. The average molecular weight is 361 g/mol. The molecule has 1 atom stereocenters. The zero-order valence-electron chi connectivity index (χ0n) is 15.7. The van der Waals surface area contributed by atoms with E-state index < -0.39 is 0 Å². The molecule has 142 valence electrons. The molecule has 2 aliphatic rings. The van der Waals surface area contributed by atoms with E-state index >= 15 is 0 Å². The first-order valence-electron chi connectivity index (χ1n) is 9.53. The third kappa shape index (κ3) is 4.17. The molecule has 0 bridgehead atoms. The highest BCUT2D eigenvalue weighted by Gasteiger charge is 2.35. The molecule has 26 heavy (non-hydrogen) atoms. The summed E-state index contributed by atoms with van der Waals surface area (Å²) < 4.78 is 13.2. The molecule has 0 saturated carbocycles. The van der Waals surface area contributed by atoms with Crippen LogP contribution in [0.25, 0.3) is 0 Å². The van der Waals surface area contributed by atoms with E-state index in [1.165, 1.54) is 12.1 Å². The zero-order chi connectivity index (χ0) is 18.7. The third-order valence-electron chi connectivity index (χ3n) is 5.41. The molecule has 2 fully saturated rings. The number of hydrogen-bond acceptors (Lipinski definition) is 2. The number of likely N-dealkylation sites (tertiary alicyclic amines) is 1. The van der Waals surface area contributed by atoms with Crippen LogP contribution in [0.15, 0.2) is 24.3 Å². The van der Waals surface area contributed by atoms with Crippen LogP contribution in [0.2, 0.25) is 0 Å². The van der Waals surface area contributed by atoms with E-state index in [0.29, 0.717) is 26.1 Å². The third-order valence-corrected chi connectivity index (χ3v) is 5.41. The Kier molecular flexibility index (Phi) is 5.79. The van der Waals surface area contributed by atoms with Crippen molar-refractivity contribution in [3.05, 3.63) is 35.6 Å². The minimum absolute atomic E-state index is 0.0402. The summed E-state index contributed by atoms with van der Waals surface area (Å²) in [7, 11) is 0. The Hall–Kier alpha value is -2.11. The van der Waals surface area contributed by atoms with Crippen LogP contribution in [0.4, 0.5) is 9.18 Å². The van der Waals surface area contributed by atoms with Gasteiger partial charge in [-0.2, -0.15) is 0 Å². The van der Waals surface area contributed by atoms with Gasteiger partial charge in [0.05, 0.1) is 6.04 Å². The molecular weight excluding hydrogens is 333 g/mol. The molecule has 3 amide bonds. The summed E-state index contributed by atoms with van der Waals surface area (Å²) in [6, 6.07) is 6.30. The average Bonchev–Trinajstić information content (AvgIpc) is 3.10. The fraction of sp³-hybridized carbons (Fsp3) is 0.600. The summed E-state index contributed by atoms with van der Waals surface area (Å²) in [6.45, 7) is 7.27. The molecule has 0 aliphatic carbocycles. The van der Waals surface area contributed by atoms with Crippen molar-refractivity contribution in [2.45, 2.75) is 45.7 Å². The maximum absolute atomic E-state index is 13.2. The van der Waals surface area contributed by atoms with Gasteiger partial charge in [0.15, 0.2) is 0 Å². The van der Waals surface area contributed by atoms with Crippen molar-refractivity contribution >= 4 is 11.9 Å². The smallest absolute Gasteiger partial charge is 0.320 e. The molecule has 0 N–H and O–H groups in total. The van der Waals surface area contributed by atoms with E-state index in [0.717, 1.165) is 31.5 Å². The van der Waals surface area contributed by atoms with Crippen molar-refractivity contribution in [1.29, 1.82) is 0 Å². The summed E-state index contributed by atoms with van der Waals surface area (Å²) in [5.41, 5.74) is 0.907. The lowest BCUT2D eigenvalue weighted by atomic mass is 10.0. The van der Waals surface area contributed by atoms with Gasteiger partial charge in [0, 0.05) is 39.1 Å². The van der Waals surface area contributed by atoms with E-state index in [2.05, 4.69) is 13.8 Å². The first-order chi connectivity index (χ1) is 12.5. The van der Waals surface area contributed by atoms with Crippen LogP contribution in [-0.2, 0) is 11.3 Å². The van der Waals surface area contributed by atoms with Gasteiger partial charge in [-0.15, -0.1) is 0 Å². The number of carbonyl (C=O) groups is 2. The van der Waals surface area contributed by atoms with Gasteiger partial charge in [0.25, 0.3) is 0 Å². The SMILES string of the molecule is CC(C)[C@H]1CN(C(=O)N2CCCC2)CCC(=O)N1Cc1ccc(F)cc1.